The molecule has 4 aromatic carbocycles. The zero-order valence-corrected chi connectivity index (χ0v) is 15.3. The summed E-state index contributed by atoms with van der Waals surface area (Å²) in [4.78, 5) is 4.88. The number of nitrogens with zero attached hydrogens (tertiary/aromatic N) is 2. The number of hydrogen-bond acceptors (Lipinski definition) is 1. The fraction of sp³-hybridized carbons (Fsp3) is 0.0800. The van der Waals surface area contributed by atoms with Gasteiger partial charge in [0.1, 0.15) is 11.6 Å². The maximum Gasteiger partial charge on any atom is 0.128 e. The van der Waals surface area contributed by atoms with E-state index in [9.17, 15) is 4.39 Å². The molecule has 5 aromatic rings. The van der Waals surface area contributed by atoms with Crippen molar-refractivity contribution in [3.05, 3.63) is 114 Å². The summed E-state index contributed by atoms with van der Waals surface area (Å²) in [6, 6.07) is 29.8. The molecule has 1 aromatic heterocycles. The monoisotopic (exact) mass is 366 g/mol. The number of para-hydroxylation sites is 2. The van der Waals surface area contributed by atoms with Gasteiger partial charge in [-0.15, -0.1) is 0 Å². The summed E-state index contributed by atoms with van der Waals surface area (Å²) in [6.45, 7) is 0.466. The Labute approximate surface area is 162 Å². The molecule has 0 radical (unpaired) electrons. The maximum atomic E-state index is 14.3. The lowest BCUT2D eigenvalue weighted by molar-refractivity contribution is 0.598. The van der Waals surface area contributed by atoms with Gasteiger partial charge in [0.05, 0.1) is 17.6 Å². The number of fused-ring (bicyclic) bond motifs is 2. The summed E-state index contributed by atoms with van der Waals surface area (Å²) in [5.74, 6) is 0.761. The van der Waals surface area contributed by atoms with Crippen LogP contribution in [0.5, 0.6) is 0 Å². The van der Waals surface area contributed by atoms with Gasteiger partial charge in [-0.1, -0.05) is 72.8 Å². The highest BCUT2D eigenvalue weighted by atomic mass is 19.1. The number of rotatable bonds is 4. The molecule has 1 heterocycles. The lowest BCUT2D eigenvalue weighted by Crippen LogP contribution is -2.07. The molecule has 0 aliphatic carbocycles. The van der Waals surface area contributed by atoms with E-state index in [4.69, 9.17) is 4.98 Å². The molecule has 0 aliphatic heterocycles. The first kappa shape index (κ1) is 16.7. The smallest absolute Gasteiger partial charge is 0.128 e. The predicted molar refractivity (Wildman–Crippen MR) is 112 cm³/mol. The van der Waals surface area contributed by atoms with E-state index in [0.717, 1.165) is 16.9 Å². The molecule has 136 valence electrons. The van der Waals surface area contributed by atoms with Gasteiger partial charge in [0.15, 0.2) is 0 Å². The van der Waals surface area contributed by atoms with Crippen LogP contribution in [0.1, 0.15) is 17.0 Å². The summed E-state index contributed by atoms with van der Waals surface area (Å²) in [5, 5.41) is 2.45. The molecule has 3 heteroatoms. The highest BCUT2D eigenvalue weighted by Crippen LogP contribution is 2.25. The molecule has 0 saturated carbocycles. The van der Waals surface area contributed by atoms with Crippen molar-refractivity contribution in [3.63, 3.8) is 0 Å². The van der Waals surface area contributed by atoms with E-state index in [0.29, 0.717) is 18.5 Å². The number of aromatic nitrogens is 2. The van der Waals surface area contributed by atoms with Crippen molar-refractivity contribution < 1.29 is 4.39 Å². The fourth-order valence-electron chi connectivity index (χ4n) is 3.85. The van der Waals surface area contributed by atoms with Gasteiger partial charge in [0.2, 0.25) is 0 Å². The average molecular weight is 366 g/mol. The molecule has 0 atom stereocenters. The van der Waals surface area contributed by atoms with E-state index in [-0.39, 0.29) is 5.82 Å². The van der Waals surface area contributed by atoms with Crippen molar-refractivity contribution in [1.29, 1.82) is 0 Å². The molecule has 0 bridgehead atoms. The summed E-state index contributed by atoms with van der Waals surface area (Å²) in [6.07, 6.45) is 0.699. The normalized spacial score (nSPS) is 11.3. The van der Waals surface area contributed by atoms with Crippen molar-refractivity contribution in [2.45, 2.75) is 13.0 Å². The van der Waals surface area contributed by atoms with Gasteiger partial charge in [0, 0.05) is 12.0 Å². The van der Waals surface area contributed by atoms with E-state index in [1.54, 1.807) is 6.07 Å². The predicted octanol–water partition coefficient (Wildman–Crippen LogP) is 5.97. The molecule has 0 amide bonds. The number of halogens is 1. The highest BCUT2D eigenvalue weighted by Gasteiger charge is 2.14. The second kappa shape index (κ2) is 6.93. The van der Waals surface area contributed by atoms with Gasteiger partial charge in [-0.3, -0.25) is 0 Å². The molecule has 2 nitrogen and oxygen atoms in total. The zero-order chi connectivity index (χ0) is 18.9. The molecule has 0 unspecified atom stereocenters. The van der Waals surface area contributed by atoms with E-state index in [1.807, 2.05) is 30.3 Å². The molecule has 0 aliphatic rings. The molecular weight excluding hydrogens is 347 g/mol. The summed E-state index contributed by atoms with van der Waals surface area (Å²) in [7, 11) is 0. The second-order valence-electron chi connectivity index (χ2n) is 7.01. The number of imidazole rings is 1. The van der Waals surface area contributed by atoms with E-state index in [1.165, 1.54) is 22.4 Å². The first-order valence-electron chi connectivity index (χ1n) is 9.44. The number of benzene rings is 4. The van der Waals surface area contributed by atoms with Gasteiger partial charge in [0.25, 0.3) is 0 Å². The molecule has 0 N–H and O–H groups in total. The Morgan fingerprint density at radius 3 is 2.36 bits per heavy atom. The fourth-order valence-corrected chi connectivity index (χ4v) is 3.85. The lowest BCUT2D eigenvalue weighted by Gasteiger charge is -2.12. The van der Waals surface area contributed by atoms with Crippen molar-refractivity contribution >= 4 is 21.8 Å². The third kappa shape index (κ3) is 2.95. The van der Waals surface area contributed by atoms with Crippen molar-refractivity contribution in [2.24, 2.45) is 0 Å². The van der Waals surface area contributed by atoms with Crippen LogP contribution < -0.4 is 0 Å². The van der Waals surface area contributed by atoms with Crippen LogP contribution >= 0.6 is 0 Å². The van der Waals surface area contributed by atoms with Crippen LogP contribution in [0.25, 0.3) is 21.8 Å². The van der Waals surface area contributed by atoms with Gasteiger partial charge < -0.3 is 4.57 Å². The summed E-state index contributed by atoms with van der Waals surface area (Å²) >= 11 is 0. The lowest BCUT2D eigenvalue weighted by atomic mass is 10.0. The van der Waals surface area contributed by atoms with E-state index < -0.39 is 0 Å². The number of hydrogen-bond donors (Lipinski definition) is 0. The Balaban J connectivity index is 1.64. The summed E-state index contributed by atoms with van der Waals surface area (Å²) < 4.78 is 16.4. The molecule has 0 saturated heterocycles. The van der Waals surface area contributed by atoms with Crippen LogP contribution in [0.2, 0.25) is 0 Å². The molecular formula is C25H19FN2. The first-order valence-corrected chi connectivity index (χ1v) is 9.44. The molecule has 0 spiro atoms. The Hall–Kier alpha value is -3.46. The van der Waals surface area contributed by atoms with Crippen molar-refractivity contribution in [2.75, 3.05) is 0 Å². The Morgan fingerprint density at radius 1 is 0.714 bits per heavy atom. The topological polar surface area (TPSA) is 17.8 Å². The summed E-state index contributed by atoms with van der Waals surface area (Å²) in [5.41, 5.74) is 3.86. The minimum absolute atomic E-state index is 0.184. The third-order valence-electron chi connectivity index (χ3n) is 5.25. The average Bonchev–Trinajstić information content (AvgIpc) is 3.07. The van der Waals surface area contributed by atoms with E-state index in [2.05, 4.69) is 53.1 Å². The standard InChI is InChI=1S/C25H19FN2/c26-22-13-4-2-9-20(22)17-28-24-15-6-5-14-23(24)27-25(28)16-19-11-7-10-18-8-1-3-12-21(18)19/h1-15H,16-17H2. The third-order valence-corrected chi connectivity index (χ3v) is 5.25. The SMILES string of the molecule is Fc1ccccc1Cn1c(Cc2cccc3ccccc23)nc2ccccc21. The molecule has 5 rings (SSSR count). The van der Waals surface area contributed by atoms with Crippen LogP contribution in [0.4, 0.5) is 4.39 Å². The minimum Gasteiger partial charge on any atom is -0.323 e. The quantitative estimate of drug-likeness (QED) is 0.383. The van der Waals surface area contributed by atoms with Crippen LogP contribution in [0.3, 0.4) is 0 Å². The Morgan fingerprint density at radius 2 is 1.43 bits per heavy atom. The zero-order valence-electron chi connectivity index (χ0n) is 15.3. The largest absolute Gasteiger partial charge is 0.323 e. The second-order valence-corrected chi connectivity index (χ2v) is 7.01. The van der Waals surface area contributed by atoms with Crippen molar-refractivity contribution in [1.82, 2.24) is 9.55 Å². The molecule has 0 fully saturated rings. The Bertz CT molecular complexity index is 1280. The van der Waals surface area contributed by atoms with Crippen LogP contribution in [-0.4, -0.2) is 9.55 Å². The van der Waals surface area contributed by atoms with Crippen LogP contribution in [0.15, 0.2) is 91.0 Å². The van der Waals surface area contributed by atoms with Gasteiger partial charge in [-0.2, -0.15) is 0 Å². The van der Waals surface area contributed by atoms with Gasteiger partial charge >= 0.3 is 0 Å². The first-order chi connectivity index (χ1) is 13.8. The molecule has 28 heavy (non-hydrogen) atoms. The maximum absolute atomic E-state index is 14.3. The Kier molecular flexibility index (Phi) is 4.13. The van der Waals surface area contributed by atoms with Crippen LogP contribution in [-0.2, 0) is 13.0 Å². The van der Waals surface area contributed by atoms with Crippen molar-refractivity contribution in [3.8, 4) is 0 Å². The van der Waals surface area contributed by atoms with Gasteiger partial charge in [-0.25, -0.2) is 9.37 Å². The van der Waals surface area contributed by atoms with E-state index >= 15 is 0 Å². The minimum atomic E-state index is -0.184. The highest BCUT2D eigenvalue weighted by molar-refractivity contribution is 5.86. The van der Waals surface area contributed by atoms with Gasteiger partial charge in [-0.05, 0) is 34.5 Å². The van der Waals surface area contributed by atoms with Crippen LogP contribution in [0, 0.1) is 5.82 Å².